The van der Waals surface area contributed by atoms with Gasteiger partial charge in [-0.2, -0.15) is 9.59 Å². The number of halogens is 1. The van der Waals surface area contributed by atoms with Gasteiger partial charge < -0.3 is 133 Å². The smallest absolute Gasteiger partial charge is 0.373 e. The van der Waals surface area contributed by atoms with E-state index in [0.717, 1.165) is 67.6 Å². The van der Waals surface area contributed by atoms with Crippen molar-refractivity contribution >= 4 is 92.0 Å². The fourth-order valence-electron chi connectivity index (χ4n) is 19.5. The number of ketones is 1. The van der Waals surface area contributed by atoms with Crippen LogP contribution in [-0.2, 0) is 132 Å². The highest BCUT2D eigenvalue weighted by Gasteiger charge is 2.78. The third-order valence-electron chi connectivity index (χ3n) is 26.8. The molecule has 40 nitrogen and oxygen atoms in total. The first kappa shape index (κ1) is 123. The summed E-state index contributed by atoms with van der Waals surface area (Å²) in [6.45, 7) is 22.5. The molecule has 3 amide bonds. The lowest BCUT2D eigenvalue weighted by Crippen LogP contribution is -2.80. The van der Waals surface area contributed by atoms with Crippen LogP contribution in [0.2, 0.25) is 0 Å². The van der Waals surface area contributed by atoms with Crippen LogP contribution in [0.3, 0.4) is 0 Å². The molecule has 1 saturated carbocycles. The van der Waals surface area contributed by atoms with Crippen molar-refractivity contribution in [1.29, 1.82) is 0 Å². The number of unbranched alkanes of at least 4 members (excludes halogenated alkanes) is 1. The Labute approximate surface area is 830 Å². The zero-order chi connectivity index (χ0) is 104. The number of hydrogen-bond donors (Lipinski definition) is 13. The number of carboxylic acids is 1. The van der Waals surface area contributed by atoms with Gasteiger partial charge in [0.05, 0.1) is 100 Å². The first-order chi connectivity index (χ1) is 66.9. The molecule has 41 heteroatoms. The van der Waals surface area contributed by atoms with Crippen LogP contribution in [0.25, 0.3) is 10.9 Å². The van der Waals surface area contributed by atoms with Crippen LogP contribution in [0.15, 0.2) is 48.6 Å². The number of amides is 3. The number of nitrogens with zero attached hydrogens (tertiary/aromatic N) is 3. The number of anilines is 1. The highest BCUT2D eigenvalue weighted by Crippen LogP contribution is 2.67. The largest absolute Gasteiger partial charge is 0.481 e. The van der Waals surface area contributed by atoms with E-state index in [-0.39, 0.29) is 171 Å². The standard InChI is InChI=1S/C61H87N5O12.C19H35BrN2O8.C11H20O7.C7H16O4.CO2/c1-9-41(35-67)78-51(75-8)36-77-50(70)22-16-21-49(69)62-39(5)53(71)76-29-15-14-20-48(68)61(74)55-60(25-28-66-26-17-24-59(11-3,54(60)66)56(61)72)45-31-44(38(4)30-47(45)64(55)7)57(6)32-40-33-58(73,10-2)37-65(34-40)27-23-43-42-18-12-13-19-46(42)63-52(43)57;1-3-15(13-23)30-19(27-2)14-29-18(26)7-6-16(24)21-8-4-10-28-11-5-9-22-17(25)12-20;1-3-8(6-12)18-11(16-2)7-17-10(15)5-4-9(13)14;1-3-6(4-8)11-7(5-9)10-2;2-1-3/h12-13,17-19,24,30-31,39-41,51,54-56,63,67,72-74H,9-11,14-16,20-23,25-29,32-37H2,1-8H3,(H,62,69);15,19,23H,3-14H2,1-2H3,(H,21,24)(H,22,25);8,11-12H,3-7H2,1-2H3,(H,13,14);6-9H,3-5H2,1-2H3;/t39?,40-,41?,51?,54?,55?,56+,57+,58?,59+,60?,61-;;;;/m0..../s1. The highest BCUT2D eigenvalue weighted by atomic mass is 79.9. The van der Waals surface area contributed by atoms with Gasteiger partial charge >= 0.3 is 36.0 Å². The van der Waals surface area contributed by atoms with Gasteiger partial charge in [0.2, 0.25) is 17.7 Å². The van der Waals surface area contributed by atoms with E-state index in [2.05, 4.69) is 128 Å². The van der Waals surface area contributed by atoms with Crippen molar-refractivity contribution in [2.24, 2.45) is 11.3 Å². The maximum Gasteiger partial charge on any atom is 0.373 e. The lowest BCUT2D eigenvalue weighted by atomic mass is 9.47. The second-order valence-corrected chi connectivity index (χ2v) is 36.8. The average molecular weight is 2050 g/mol. The highest BCUT2D eigenvalue weighted by molar-refractivity contribution is 9.09. The van der Waals surface area contributed by atoms with Gasteiger partial charge in [0.1, 0.15) is 32.0 Å². The van der Waals surface area contributed by atoms with Crippen molar-refractivity contribution in [3.05, 3.63) is 76.5 Å². The molecule has 14 unspecified atom stereocenters. The van der Waals surface area contributed by atoms with Gasteiger partial charge in [-0.05, 0) is 164 Å². The Morgan fingerprint density at radius 1 is 0.607 bits per heavy atom. The summed E-state index contributed by atoms with van der Waals surface area (Å²) >= 11 is 3.06. The number of aliphatic hydroxyl groups excluding tert-OH is 6. The average Bonchev–Trinajstić information content (AvgIpc) is 1.48. The van der Waals surface area contributed by atoms with E-state index in [9.17, 15) is 58.8 Å². The summed E-state index contributed by atoms with van der Waals surface area (Å²) in [4.78, 5) is 136. The molecule has 2 saturated heterocycles. The van der Waals surface area contributed by atoms with E-state index in [1.165, 1.54) is 57.6 Å². The Morgan fingerprint density at radius 2 is 1.14 bits per heavy atom. The third-order valence-corrected chi connectivity index (χ3v) is 27.4. The van der Waals surface area contributed by atoms with E-state index in [1.54, 1.807) is 0 Å². The monoisotopic (exact) mass is 2050 g/mol. The molecule has 13 N–H and O–H groups in total. The number of Topliss-reactive ketones (excluding diaryl/α,β-unsaturated/α-hetero) is 1. The Hall–Kier alpha value is -7.95. The van der Waals surface area contributed by atoms with Crippen molar-refractivity contribution in [3.63, 3.8) is 0 Å². The van der Waals surface area contributed by atoms with Crippen LogP contribution in [0.5, 0.6) is 0 Å². The van der Waals surface area contributed by atoms with Gasteiger partial charge in [-0.1, -0.05) is 93.9 Å². The predicted molar refractivity (Wildman–Crippen MR) is 515 cm³/mol. The van der Waals surface area contributed by atoms with Crippen LogP contribution in [0.4, 0.5) is 5.69 Å². The summed E-state index contributed by atoms with van der Waals surface area (Å²) in [6.07, 6.45) is 6.92. The first-order valence-corrected chi connectivity index (χ1v) is 49.9. The van der Waals surface area contributed by atoms with Crippen LogP contribution in [-0.4, -0.2) is 365 Å². The number of aromatic nitrogens is 1. The van der Waals surface area contributed by atoms with Crippen molar-refractivity contribution < 1.29 is 160 Å². The molecule has 3 aromatic rings. The van der Waals surface area contributed by atoms with E-state index in [1.807, 2.05) is 34.7 Å². The molecular weight excluding hydrogens is 1900 g/mol. The van der Waals surface area contributed by atoms with E-state index in [4.69, 9.17) is 96.7 Å². The number of likely N-dealkylation sites (N-methyl/N-ethyl adjacent to an activating group) is 1. The van der Waals surface area contributed by atoms with E-state index in [0.29, 0.717) is 97.2 Å². The number of aryl methyl sites for hydroxylation is 1. The molecule has 140 heavy (non-hydrogen) atoms. The molecule has 2 aromatic carbocycles. The molecular formula is C99H158BrN7O33. The van der Waals surface area contributed by atoms with E-state index >= 15 is 4.79 Å². The van der Waals surface area contributed by atoms with Crippen molar-refractivity contribution in [2.45, 2.75) is 299 Å². The van der Waals surface area contributed by atoms with Gasteiger partial charge in [0, 0.05) is 158 Å². The number of H-pyrrole nitrogens is 1. The number of aliphatic hydroxyl groups is 8. The fourth-order valence-corrected chi connectivity index (χ4v) is 19.7. The molecule has 1 aromatic heterocycles. The maximum atomic E-state index is 15.2. The van der Waals surface area contributed by atoms with Crippen molar-refractivity contribution in [2.75, 3.05) is 164 Å². The number of alkyl halides is 1. The van der Waals surface area contributed by atoms with E-state index < -0.39 is 118 Å². The molecule has 9 rings (SSSR count). The number of carbonyl (C=O) groups is 9. The van der Waals surface area contributed by atoms with Gasteiger partial charge in [-0.25, -0.2) is 4.79 Å². The number of carbonyl (C=O) groups excluding carboxylic acids is 10. The summed E-state index contributed by atoms with van der Waals surface area (Å²) in [5, 5.41) is 101. The number of aliphatic carboxylic acids is 1. The minimum absolute atomic E-state index is 0.0183. The van der Waals surface area contributed by atoms with Gasteiger partial charge in [-0.15, -0.1) is 0 Å². The zero-order valence-corrected chi connectivity index (χ0v) is 85.7. The molecule has 2 bridgehead atoms. The number of aromatic amines is 1. The summed E-state index contributed by atoms with van der Waals surface area (Å²) in [5.41, 5.74) is 2.93. The van der Waals surface area contributed by atoms with Crippen LogP contribution < -0.4 is 20.9 Å². The Balaban J connectivity index is 0.000000452. The van der Waals surface area contributed by atoms with Gasteiger partial charge in [0.15, 0.2) is 36.5 Å². The number of piperidine rings is 1. The number of ether oxygens (including phenoxy) is 13. The molecule has 1 spiro atoms. The molecule has 1 aliphatic carbocycles. The minimum atomic E-state index is -2.17. The normalized spacial score (nSPS) is 23.8. The molecule has 3 fully saturated rings. The second-order valence-electron chi connectivity index (χ2n) is 36.3. The number of esters is 4. The Morgan fingerprint density at radius 3 is 1.66 bits per heavy atom. The quantitative estimate of drug-likeness (QED) is 0.00833. The lowest BCUT2D eigenvalue weighted by Gasteiger charge is -2.63. The van der Waals surface area contributed by atoms with Crippen LogP contribution in [0, 0.1) is 18.3 Å². The first-order valence-electron chi connectivity index (χ1n) is 48.8. The predicted octanol–water partition coefficient (Wildman–Crippen LogP) is 5.46. The number of nitrogens with one attached hydrogen (secondary N) is 4. The number of hydrogen-bond acceptors (Lipinski definition) is 35. The summed E-state index contributed by atoms with van der Waals surface area (Å²) < 4.78 is 67.4. The van der Waals surface area contributed by atoms with Crippen molar-refractivity contribution in [1.82, 2.24) is 30.7 Å². The summed E-state index contributed by atoms with van der Waals surface area (Å²) in [7, 11) is 7.65. The van der Waals surface area contributed by atoms with Crippen molar-refractivity contribution in [3.8, 4) is 0 Å². The summed E-state index contributed by atoms with van der Waals surface area (Å²) in [6, 6.07) is 11.4. The van der Waals surface area contributed by atoms with Crippen LogP contribution >= 0.6 is 15.9 Å². The number of carboxylic acid groups (broad SMARTS) is 1. The SMILES string of the molecule is CCC(CO)OC(CO)OC.CCC(CO)OC(COC(=O)CCC(=O)NCCCOCCCNC(=O)CBr)OC.CCC(CO)OC(COC(=O)CCC(=O)O)OC.CCC(CO)OC(COC(=O)CCCC(=O)NC(C)C(=O)OCCCCC(=O)[C@]1(O)C2N(C)c3cc(C)c([C@@]4(C)C[C@@H]5CN(CCc6c4[nH]c4ccccc64)CC(O)(CC)C5)cc3C23CCN2CC=C[C@](CC)(C23)[C@H]1O)OC.O=C=O. The number of rotatable bonds is 57. The Bertz CT molecular complexity index is 4320. The molecule has 6 aliphatic rings. The number of benzene rings is 2. The molecule has 19 atom stereocenters. The maximum absolute atomic E-state index is 15.2. The topological polar surface area (TPSA) is 551 Å². The van der Waals surface area contributed by atoms with Gasteiger partial charge in [0.25, 0.3) is 0 Å². The lowest BCUT2D eigenvalue weighted by molar-refractivity contribution is -0.202. The molecule has 0 radical (unpaired) electrons. The molecule has 794 valence electrons. The third kappa shape index (κ3) is 34.9. The zero-order valence-electron chi connectivity index (χ0n) is 84.2. The fraction of sp³-hybridized carbons (Fsp3) is 0.737. The number of methoxy groups -OCH3 is 4. The minimum Gasteiger partial charge on any atom is -0.481 e. The number of para-hydroxylation sites is 1. The molecule has 6 heterocycles. The van der Waals surface area contributed by atoms with Gasteiger partial charge in [-0.3, -0.25) is 48.2 Å². The summed E-state index contributed by atoms with van der Waals surface area (Å²) in [5.74, 6) is -4.34. The Kier molecular flexibility index (Phi) is 54.9. The second kappa shape index (κ2) is 62.7. The van der Waals surface area contributed by atoms with Crippen LogP contribution in [0.1, 0.15) is 218 Å². The number of fused-ring (bicyclic) bond motifs is 6. The molecule has 5 aliphatic heterocycles.